The van der Waals surface area contributed by atoms with Gasteiger partial charge < -0.3 is 29.7 Å². The quantitative estimate of drug-likeness (QED) is 0.432. The molecule has 232 valence electrons. The fraction of sp³-hybridized carbons (Fsp3) is 0.971. The Balaban J connectivity index is 1.30. The third-order valence-corrected chi connectivity index (χ3v) is 15.2. The molecule has 7 rings (SSSR count). The molecule has 0 bridgehead atoms. The van der Waals surface area contributed by atoms with Crippen LogP contribution in [0.1, 0.15) is 106 Å². The van der Waals surface area contributed by atoms with Crippen LogP contribution in [-0.2, 0) is 9.47 Å². The summed E-state index contributed by atoms with van der Waals surface area (Å²) in [6, 6.07) is 0. The molecule has 13 atom stereocenters. The highest BCUT2D eigenvalue weighted by molar-refractivity contribution is 5.69. The normalized spacial score (nSPS) is 54.0. The van der Waals surface area contributed by atoms with Crippen molar-refractivity contribution in [3.05, 3.63) is 0 Å². The van der Waals surface area contributed by atoms with Crippen LogP contribution in [0.5, 0.6) is 0 Å². The Morgan fingerprint density at radius 1 is 1.02 bits per heavy atom. The Hall–Kier alpha value is -0.890. The maximum Gasteiger partial charge on any atom is 0.410 e. The van der Waals surface area contributed by atoms with E-state index in [1.165, 1.54) is 12.8 Å². The molecule has 41 heavy (non-hydrogen) atoms. The van der Waals surface area contributed by atoms with Crippen LogP contribution in [0, 0.1) is 50.7 Å². The number of aliphatic hydroxyl groups is 3. The lowest BCUT2D eigenvalue weighted by Crippen LogP contribution is -2.60. The highest BCUT2D eigenvalue weighted by atomic mass is 16.6. The van der Waals surface area contributed by atoms with Gasteiger partial charge in [-0.3, -0.25) is 0 Å². The van der Waals surface area contributed by atoms with E-state index in [9.17, 15) is 20.1 Å². The van der Waals surface area contributed by atoms with Gasteiger partial charge in [0.05, 0.1) is 23.9 Å². The van der Waals surface area contributed by atoms with E-state index in [4.69, 9.17) is 9.47 Å². The zero-order valence-corrected chi connectivity index (χ0v) is 26.5. The summed E-state index contributed by atoms with van der Waals surface area (Å²) >= 11 is 0. The van der Waals surface area contributed by atoms with Crippen molar-refractivity contribution in [3.63, 3.8) is 0 Å². The van der Waals surface area contributed by atoms with E-state index in [0.717, 1.165) is 51.6 Å². The minimum Gasteiger partial charge on any atom is -0.443 e. The molecule has 0 aromatic carbocycles. The monoisotopic (exact) mass is 573 g/mol. The first-order chi connectivity index (χ1) is 19.0. The highest BCUT2D eigenvalue weighted by Crippen LogP contribution is 2.89. The largest absolute Gasteiger partial charge is 0.443 e. The lowest BCUT2D eigenvalue weighted by atomic mass is 9.41. The summed E-state index contributed by atoms with van der Waals surface area (Å²) in [5.74, 6) is 1.47. The first-order valence-corrected chi connectivity index (χ1v) is 16.7. The Morgan fingerprint density at radius 3 is 2.32 bits per heavy atom. The molecule has 7 nitrogen and oxygen atoms in total. The van der Waals surface area contributed by atoms with Gasteiger partial charge in [-0.15, -0.1) is 0 Å². The van der Waals surface area contributed by atoms with Gasteiger partial charge in [-0.05, 0) is 117 Å². The molecule has 0 aromatic rings. The van der Waals surface area contributed by atoms with Crippen molar-refractivity contribution in [2.45, 2.75) is 142 Å². The summed E-state index contributed by atoms with van der Waals surface area (Å²) in [5.41, 5.74) is -1.13. The van der Waals surface area contributed by atoms with Gasteiger partial charge in [-0.1, -0.05) is 34.6 Å². The number of fused-ring (bicyclic) bond motifs is 4. The predicted octanol–water partition coefficient (Wildman–Crippen LogP) is 5.14. The highest BCUT2D eigenvalue weighted by Gasteiger charge is 2.85. The number of ether oxygens (including phenoxy) is 2. The Kier molecular flexibility index (Phi) is 6.08. The van der Waals surface area contributed by atoms with Crippen LogP contribution in [0.3, 0.4) is 0 Å². The number of aliphatic hydroxyl groups excluding tert-OH is 2. The van der Waals surface area contributed by atoms with Crippen molar-refractivity contribution >= 4 is 6.09 Å². The molecule has 0 radical (unpaired) electrons. The number of hydrogen-bond acceptors (Lipinski definition) is 6. The van der Waals surface area contributed by atoms with Crippen LogP contribution in [0.2, 0.25) is 0 Å². The lowest BCUT2D eigenvalue weighted by Gasteiger charge is -2.63. The third-order valence-electron chi connectivity index (χ3n) is 15.2. The molecule has 2 aliphatic heterocycles. The number of carbonyl (C=O) groups is 1. The molecule has 1 amide bonds. The van der Waals surface area contributed by atoms with Gasteiger partial charge in [0.15, 0.2) is 0 Å². The third kappa shape index (κ3) is 3.44. The number of likely N-dealkylation sites (tertiary alicyclic amines) is 1. The molecular formula is C34H55NO6. The van der Waals surface area contributed by atoms with Crippen LogP contribution >= 0.6 is 0 Å². The second kappa shape index (κ2) is 8.63. The molecule has 2 heterocycles. The summed E-state index contributed by atoms with van der Waals surface area (Å²) in [7, 11) is 0. The molecule has 7 fully saturated rings. The Bertz CT molecular complexity index is 1100. The summed E-state index contributed by atoms with van der Waals surface area (Å²) in [6.45, 7) is 16.6. The average Bonchev–Trinajstić information content (AvgIpc) is 3.48. The number of nitrogens with zero attached hydrogens (tertiary/aromatic N) is 1. The lowest BCUT2D eigenvalue weighted by molar-refractivity contribution is -0.203. The summed E-state index contributed by atoms with van der Waals surface area (Å²) in [4.78, 5) is 15.4. The van der Waals surface area contributed by atoms with E-state index in [0.29, 0.717) is 18.3 Å². The van der Waals surface area contributed by atoms with Gasteiger partial charge in [0.2, 0.25) is 0 Å². The first-order valence-electron chi connectivity index (χ1n) is 16.7. The smallest absolute Gasteiger partial charge is 0.410 e. The zero-order valence-electron chi connectivity index (χ0n) is 26.5. The molecule has 9 unspecified atom stereocenters. The van der Waals surface area contributed by atoms with Gasteiger partial charge in [0.1, 0.15) is 12.2 Å². The topological polar surface area (TPSA) is 99.5 Å². The molecule has 5 aliphatic carbocycles. The molecule has 2 spiro atoms. The standard InChI is InChI=1S/C34H55NO6/c1-19-17-20(26(37)30(4,5)39)40-25-24(19)31(6)13-14-34-18-33(34)12-11-23(36)29(2,3)21(33)9-10-22(34)32(31,7)27(25)41-28(38)35-15-8-16-35/h19-27,36-37,39H,8-18H2,1-7H3/t19-,20?,21+,22?,23?,24?,25?,26?,27+,31?,32-,33?,34?/m1/s1. The second-order valence-electron chi connectivity index (χ2n) is 17.4. The fourth-order valence-electron chi connectivity index (χ4n) is 12.8. The molecule has 3 N–H and O–H groups in total. The molecular weight excluding hydrogens is 518 g/mol. The summed E-state index contributed by atoms with van der Waals surface area (Å²) < 4.78 is 13.5. The minimum absolute atomic E-state index is 0.0577. The average molecular weight is 574 g/mol. The Labute approximate surface area is 246 Å². The zero-order chi connectivity index (χ0) is 29.5. The van der Waals surface area contributed by atoms with Crippen LogP contribution in [0.15, 0.2) is 0 Å². The van der Waals surface area contributed by atoms with Crippen LogP contribution < -0.4 is 0 Å². The van der Waals surface area contributed by atoms with Crippen molar-refractivity contribution in [2.75, 3.05) is 13.1 Å². The first kappa shape index (κ1) is 28.9. The van der Waals surface area contributed by atoms with E-state index in [-0.39, 0.29) is 63.3 Å². The fourth-order valence-corrected chi connectivity index (χ4v) is 12.8. The van der Waals surface area contributed by atoms with E-state index in [1.807, 2.05) is 4.90 Å². The molecule has 0 aromatic heterocycles. The van der Waals surface area contributed by atoms with Gasteiger partial charge in [0.25, 0.3) is 0 Å². The van der Waals surface area contributed by atoms with E-state index in [2.05, 4.69) is 34.6 Å². The van der Waals surface area contributed by atoms with E-state index >= 15 is 0 Å². The van der Waals surface area contributed by atoms with Crippen molar-refractivity contribution in [1.82, 2.24) is 4.90 Å². The molecule has 7 aliphatic rings. The van der Waals surface area contributed by atoms with Gasteiger partial charge >= 0.3 is 6.09 Å². The Morgan fingerprint density at radius 2 is 1.68 bits per heavy atom. The number of hydrogen-bond donors (Lipinski definition) is 3. The van der Waals surface area contributed by atoms with E-state index in [1.54, 1.807) is 13.8 Å². The SMILES string of the molecule is C[C@@H]1CC(C(O)C(C)(C)O)OC2C1C1(C)CCC34CC35CCC(O)C(C)(C)[C@@H]5CCC4[C@]1(C)[C@H]2OC(=O)N1CCC1. The maximum atomic E-state index is 13.6. The summed E-state index contributed by atoms with van der Waals surface area (Å²) in [5, 5.41) is 32.9. The van der Waals surface area contributed by atoms with E-state index < -0.39 is 17.8 Å². The number of amides is 1. The molecule has 2 saturated heterocycles. The van der Waals surface area contributed by atoms with Crippen LogP contribution in [0.25, 0.3) is 0 Å². The minimum atomic E-state index is -1.28. The second-order valence-corrected chi connectivity index (χ2v) is 17.4. The van der Waals surface area contributed by atoms with Crippen molar-refractivity contribution in [2.24, 2.45) is 50.7 Å². The summed E-state index contributed by atoms with van der Waals surface area (Å²) in [6.07, 6.45) is 6.87. The van der Waals surface area contributed by atoms with Gasteiger partial charge in [-0.25, -0.2) is 4.79 Å². The molecule has 5 saturated carbocycles. The number of rotatable bonds is 3. The van der Waals surface area contributed by atoms with Crippen molar-refractivity contribution in [1.29, 1.82) is 0 Å². The van der Waals surface area contributed by atoms with Crippen LogP contribution in [0.4, 0.5) is 4.79 Å². The van der Waals surface area contributed by atoms with Crippen molar-refractivity contribution in [3.8, 4) is 0 Å². The predicted molar refractivity (Wildman–Crippen MR) is 155 cm³/mol. The van der Waals surface area contributed by atoms with Crippen LogP contribution in [-0.4, -0.2) is 75.5 Å². The van der Waals surface area contributed by atoms with Gasteiger partial charge in [-0.2, -0.15) is 0 Å². The van der Waals surface area contributed by atoms with Gasteiger partial charge in [0, 0.05) is 18.5 Å². The molecule has 7 heteroatoms. The maximum absolute atomic E-state index is 13.6. The van der Waals surface area contributed by atoms with Crippen molar-refractivity contribution < 1.29 is 29.6 Å². The number of carbonyl (C=O) groups excluding carboxylic acids is 1.